The monoisotopic (exact) mass is 988 g/mol. The molecule has 6 heteroatoms. The second-order valence-corrected chi connectivity index (χ2v) is 20.0. The summed E-state index contributed by atoms with van der Waals surface area (Å²) < 4.78 is 5.93. The zero-order chi connectivity index (χ0) is 51.6. The van der Waals surface area contributed by atoms with Crippen molar-refractivity contribution >= 4 is 11.9 Å². The van der Waals surface area contributed by atoms with Crippen LogP contribution in [0, 0.1) is 0 Å². The van der Waals surface area contributed by atoms with Crippen molar-refractivity contribution in [1.29, 1.82) is 0 Å². The molecule has 0 aliphatic carbocycles. The van der Waals surface area contributed by atoms with E-state index in [0.29, 0.717) is 19.3 Å². The van der Waals surface area contributed by atoms with E-state index in [9.17, 15) is 19.8 Å². The van der Waals surface area contributed by atoms with E-state index in [2.05, 4.69) is 123 Å². The lowest BCUT2D eigenvalue weighted by atomic mass is 10.0. The molecule has 0 aromatic heterocycles. The number of amides is 1. The molecule has 0 radical (unpaired) electrons. The summed E-state index contributed by atoms with van der Waals surface area (Å²) in [6, 6.07) is -0.733. The van der Waals surface area contributed by atoms with Gasteiger partial charge in [-0.3, -0.25) is 9.59 Å². The molecule has 3 atom stereocenters. The second kappa shape index (κ2) is 57.7. The number of esters is 1. The first-order valence-electron chi connectivity index (χ1n) is 30.0. The largest absolute Gasteiger partial charge is 0.462 e. The first-order valence-corrected chi connectivity index (χ1v) is 30.0. The van der Waals surface area contributed by atoms with Crippen LogP contribution in [0.1, 0.15) is 278 Å². The minimum Gasteiger partial charge on any atom is -0.462 e. The van der Waals surface area contributed by atoms with Gasteiger partial charge in [0.1, 0.15) is 6.10 Å². The Morgan fingerprint density at radius 1 is 0.408 bits per heavy atom. The molecule has 1 amide bonds. The van der Waals surface area contributed by atoms with E-state index in [1.165, 1.54) is 135 Å². The van der Waals surface area contributed by atoms with E-state index < -0.39 is 18.2 Å². The summed E-state index contributed by atoms with van der Waals surface area (Å²) in [6.07, 6.45) is 77.6. The van der Waals surface area contributed by atoms with Gasteiger partial charge in [0.25, 0.3) is 0 Å². The number of rotatable bonds is 53. The minimum atomic E-state index is -0.815. The van der Waals surface area contributed by atoms with Crippen LogP contribution in [0.2, 0.25) is 0 Å². The summed E-state index contributed by atoms with van der Waals surface area (Å²) in [5, 5.41) is 23.9. The lowest BCUT2D eigenvalue weighted by Gasteiger charge is -2.24. The number of unbranched alkanes of at least 4 members (excludes halogenated alkanes) is 25. The predicted octanol–water partition coefficient (Wildman–Crippen LogP) is 18.8. The molecule has 0 aromatic rings. The van der Waals surface area contributed by atoms with E-state index >= 15 is 0 Å². The molecule has 6 nitrogen and oxygen atoms in total. The average molecular weight is 989 g/mol. The highest BCUT2D eigenvalue weighted by Gasteiger charge is 2.24. The van der Waals surface area contributed by atoms with Crippen molar-refractivity contribution in [2.75, 3.05) is 6.61 Å². The summed E-state index contributed by atoms with van der Waals surface area (Å²) in [6.45, 7) is 6.42. The molecule has 0 aliphatic heterocycles. The van der Waals surface area contributed by atoms with Crippen molar-refractivity contribution in [3.8, 4) is 0 Å². The molecule has 0 saturated carbocycles. The molecule has 71 heavy (non-hydrogen) atoms. The molecule has 0 heterocycles. The number of aliphatic hydroxyl groups excluding tert-OH is 2. The Morgan fingerprint density at radius 3 is 1.13 bits per heavy atom. The van der Waals surface area contributed by atoms with Crippen LogP contribution in [0.25, 0.3) is 0 Å². The number of ether oxygens (including phenoxy) is 1. The molecule has 0 saturated heterocycles. The molecule has 408 valence electrons. The third-order valence-electron chi connectivity index (χ3n) is 13.1. The fraction of sp³-hybridized carbons (Fsp3) is 0.723. The van der Waals surface area contributed by atoms with Crippen LogP contribution < -0.4 is 5.32 Å². The number of aliphatic hydroxyl groups is 2. The van der Waals surface area contributed by atoms with Crippen LogP contribution in [-0.2, 0) is 14.3 Å². The Morgan fingerprint density at radius 2 is 0.732 bits per heavy atom. The molecule has 0 aliphatic rings. The van der Waals surface area contributed by atoms with Gasteiger partial charge in [-0.25, -0.2) is 0 Å². The Hall–Kier alpha value is -3.22. The quantitative estimate of drug-likeness (QED) is 0.0321. The summed E-state index contributed by atoms with van der Waals surface area (Å²) in [7, 11) is 0. The number of carbonyl (C=O) groups excluding carboxylic acids is 2. The molecular weight excluding hydrogens is 875 g/mol. The molecule has 0 fully saturated rings. The van der Waals surface area contributed by atoms with Crippen molar-refractivity contribution in [2.45, 2.75) is 296 Å². The van der Waals surface area contributed by atoms with Gasteiger partial charge >= 0.3 is 5.97 Å². The topological polar surface area (TPSA) is 95.9 Å². The summed E-state index contributed by atoms with van der Waals surface area (Å²) in [4.78, 5) is 26.3. The molecule has 3 N–H and O–H groups in total. The molecule has 0 aromatic carbocycles. The van der Waals surface area contributed by atoms with Crippen molar-refractivity contribution in [3.63, 3.8) is 0 Å². The highest BCUT2D eigenvalue weighted by molar-refractivity contribution is 5.77. The summed E-state index contributed by atoms with van der Waals surface area (Å²) in [5.74, 6) is -0.565. The Labute approximate surface area is 439 Å². The maximum absolute atomic E-state index is 13.3. The Kier molecular flexibility index (Phi) is 55.1. The van der Waals surface area contributed by atoms with Crippen LogP contribution in [0.15, 0.2) is 97.2 Å². The molecule has 0 bridgehead atoms. The fourth-order valence-electron chi connectivity index (χ4n) is 8.58. The SMILES string of the molecule is CCCCC/C=C\C/C=C\C/C=C\C/C=C\CCCCCC(=O)OC(CCC/C=C\C/C=C\C/C=C\C/C=C\CCCCC)CC(=O)NC(CO)C(O)CCCCCCCCCCCCCCCCCC. The lowest BCUT2D eigenvalue weighted by Crippen LogP contribution is -2.46. The van der Waals surface area contributed by atoms with Crippen LogP contribution >= 0.6 is 0 Å². The number of nitrogens with one attached hydrogen (secondary N) is 1. The van der Waals surface area contributed by atoms with Crippen molar-refractivity contribution in [2.24, 2.45) is 0 Å². The first kappa shape index (κ1) is 67.8. The highest BCUT2D eigenvalue weighted by atomic mass is 16.5. The van der Waals surface area contributed by atoms with Gasteiger partial charge in [-0.15, -0.1) is 0 Å². The molecular formula is C65H113NO5. The van der Waals surface area contributed by atoms with E-state index in [1.54, 1.807) is 0 Å². The van der Waals surface area contributed by atoms with Crippen LogP contribution in [0.3, 0.4) is 0 Å². The minimum absolute atomic E-state index is 0.0225. The van der Waals surface area contributed by atoms with Gasteiger partial charge in [0.05, 0.1) is 25.2 Å². The Bertz CT molecular complexity index is 1390. The van der Waals surface area contributed by atoms with E-state index in [4.69, 9.17) is 4.74 Å². The van der Waals surface area contributed by atoms with Gasteiger partial charge in [0, 0.05) is 6.42 Å². The van der Waals surface area contributed by atoms with Gasteiger partial charge < -0.3 is 20.3 Å². The smallest absolute Gasteiger partial charge is 0.306 e. The third-order valence-corrected chi connectivity index (χ3v) is 13.1. The normalized spacial score (nSPS) is 13.8. The predicted molar refractivity (Wildman–Crippen MR) is 310 cm³/mol. The standard InChI is InChI=1S/C65H113NO5/c1-4-7-10-13-16-19-22-25-28-31-32-34-37-40-43-46-49-52-55-58-65(70)71-61(56-53-50-47-44-41-38-35-33-29-26-23-20-17-14-11-8-5-2)59-64(69)66-62(60-67)63(68)57-54-51-48-45-42-39-36-30-27-24-21-18-15-12-9-6-3/h16-17,19-20,25-26,28-29,32,34-35,38,40,43-44,47,61-63,67-68H,4-15,18,21-24,27,30-31,33,36-37,39,41-42,45-46,48-60H2,1-3H3,(H,66,69)/b19-16-,20-17-,28-25-,29-26-,34-32-,38-35-,43-40-,47-44-. The van der Waals surface area contributed by atoms with Crippen LogP contribution in [0.5, 0.6) is 0 Å². The average Bonchev–Trinajstić information content (AvgIpc) is 3.36. The van der Waals surface area contributed by atoms with E-state index in [-0.39, 0.29) is 24.9 Å². The maximum Gasteiger partial charge on any atom is 0.306 e. The highest BCUT2D eigenvalue weighted by Crippen LogP contribution is 2.17. The first-order chi connectivity index (χ1) is 35.0. The number of hydrogen-bond donors (Lipinski definition) is 3. The van der Waals surface area contributed by atoms with E-state index in [1.807, 2.05) is 0 Å². The van der Waals surface area contributed by atoms with Crippen molar-refractivity contribution in [3.05, 3.63) is 97.2 Å². The molecule has 0 spiro atoms. The number of hydrogen-bond acceptors (Lipinski definition) is 5. The fourth-order valence-corrected chi connectivity index (χ4v) is 8.58. The van der Waals surface area contributed by atoms with E-state index in [0.717, 1.165) is 96.3 Å². The molecule has 0 rings (SSSR count). The van der Waals surface area contributed by atoms with Crippen LogP contribution in [-0.4, -0.2) is 46.9 Å². The van der Waals surface area contributed by atoms with Gasteiger partial charge in [0.15, 0.2) is 0 Å². The van der Waals surface area contributed by atoms with Gasteiger partial charge in [-0.05, 0) is 109 Å². The molecule has 3 unspecified atom stereocenters. The zero-order valence-electron chi connectivity index (χ0n) is 46.6. The zero-order valence-corrected chi connectivity index (χ0v) is 46.6. The number of carbonyl (C=O) groups is 2. The van der Waals surface area contributed by atoms with Gasteiger partial charge in [-0.2, -0.15) is 0 Å². The van der Waals surface area contributed by atoms with Gasteiger partial charge in [0.2, 0.25) is 5.91 Å². The lowest BCUT2D eigenvalue weighted by molar-refractivity contribution is -0.151. The summed E-state index contributed by atoms with van der Waals surface area (Å²) in [5.41, 5.74) is 0. The second-order valence-electron chi connectivity index (χ2n) is 20.0. The maximum atomic E-state index is 13.3. The number of allylic oxidation sites excluding steroid dienone is 16. The summed E-state index contributed by atoms with van der Waals surface area (Å²) >= 11 is 0. The van der Waals surface area contributed by atoms with Gasteiger partial charge in [-0.1, -0.05) is 253 Å². The Balaban J connectivity index is 4.72. The van der Waals surface area contributed by atoms with Crippen LogP contribution in [0.4, 0.5) is 0 Å². The third kappa shape index (κ3) is 52.9. The van der Waals surface area contributed by atoms with Crippen molar-refractivity contribution < 1.29 is 24.5 Å². The van der Waals surface area contributed by atoms with Crippen molar-refractivity contribution in [1.82, 2.24) is 5.32 Å².